The first-order chi connectivity index (χ1) is 9.67. The monoisotopic (exact) mass is 357 g/mol. The maximum Gasteiger partial charge on any atom is 0.410 e. The molecule has 0 bridgehead atoms. The van der Waals surface area contributed by atoms with E-state index in [-0.39, 0.29) is 18.0 Å². The fourth-order valence-electron chi connectivity index (χ4n) is 2.60. The topological polar surface area (TPSA) is 29.5 Å². The third-order valence-electron chi connectivity index (χ3n) is 3.47. The van der Waals surface area contributed by atoms with Crippen molar-refractivity contribution in [3.63, 3.8) is 0 Å². The molecule has 3 nitrogen and oxygen atoms in total. The lowest BCUT2D eigenvalue weighted by molar-refractivity contribution is 0.0220. The zero-order valence-electron chi connectivity index (χ0n) is 12.8. The van der Waals surface area contributed by atoms with Crippen LogP contribution in [0.15, 0.2) is 22.7 Å². The van der Waals surface area contributed by atoms with Crippen LogP contribution in [0.5, 0.6) is 0 Å². The normalized spacial score (nSPS) is 22.5. The molecule has 0 N–H and O–H groups in total. The molecule has 0 saturated carbocycles. The van der Waals surface area contributed by atoms with Crippen LogP contribution in [0.4, 0.5) is 9.18 Å². The number of ether oxygens (including phenoxy) is 1. The summed E-state index contributed by atoms with van der Waals surface area (Å²) in [5.41, 5.74) is 0.282. The third kappa shape index (κ3) is 3.96. The highest BCUT2D eigenvalue weighted by Crippen LogP contribution is 2.37. The van der Waals surface area contributed by atoms with Gasteiger partial charge in [-0.2, -0.15) is 0 Å². The summed E-state index contributed by atoms with van der Waals surface area (Å²) >= 11 is 3.15. The van der Waals surface area contributed by atoms with E-state index in [2.05, 4.69) is 22.9 Å². The van der Waals surface area contributed by atoms with E-state index in [1.165, 1.54) is 6.07 Å². The quantitative estimate of drug-likeness (QED) is 0.714. The molecule has 0 unspecified atom stereocenters. The molecule has 0 spiro atoms. The zero-order valence-corrected chi connectivity index (χ0v) is 14.4. The molecular formula is C16H21BrFNO2. The largest absolute Gasteiger partial charge is 0.444 e. The van der Waals surface area contributed by atoms with E-state index < -0.39 is 5.60 Å². The Bertz CT molecular complexity index is 542. The van der Waals surface area contributed by atoms with Gasteiger partial charge in [-0.05, 0) is 66.7 Å². The smallest absolute Gasteiger partial charge is 0.410 e. The van der Waals surface area contributed by atoms with E-state index in [1.54, 1.807) is 11.0 Å². The zero-order chi connectivity index (χ0) is 15.8. The van der Waals surface area contributed by atoms with Gasteiger partial charge in [0, 0.05) is 6.54 Å². The van der Waals surface area contributed by atoms with Gasteiger partial charge in [-0.3, -0.25) is 0 Å². The Morgan fingerprint density at radius 1 is 1.43 bits per heavy atom. The van der Waals surface area contributed by atoms with Gasteiger partial charge >= 0.3 is 6.09 Å². The SMILES string of the molecule is C[C@@H]1C[C@H](c2ccc(Br)c(F)c2)N(C(=O)OC(C)(C)C)C1. The predicted molar refractivity (Wildman–Crippen MR) is 83.6 cm³/mol. The Morgan fingerprint density at radius 2 is 2.10 bits per heavy atom. The molecule has 1 fully saturated rings. The van der Waals surface area contributed by atoms with Crippen LogP contribution >= 0.6 is 15.9 Å². The predicted octanol–water partition coefficient (Wildman–Crippen LogP) is 4.91. The molecule has 1 aliphatic heterocycles. The Labute approximate surface area is 133 Å². The van der Waals surface area contributed by atoms with Crippen molar-refractivity contribution in [1.82, 2.24) is 4.90 Å². The molecule has 116 valence electrons. The molecule has 2 rings (SSSR count). The average Bonchev–Trinajstić information content (AvgIpc) is 2.73. The van der Waals surface area contributed by atoms with Crippen LogP contribution in [0.3, 0.4) is 0 Å². The van der Waals surface area contributed by atoms with Crippen LogP contribution in [-0.4, -0.2) is 23.1 Å². The fourth-order valence-corrected chi connectivity index (χ4v) is 2.85. The van der Waals surface area contributed by atoms with Crippen molar-refractivity contribution in [2.45, 2.75) is 45.8 Å². The number of hydrogen-bond donors (Lipinski definition) is 0. The van der Waals surface area contributed by atoms with Gasteiger partial charge in [-0.25, -0.2) is 9.18 Å². The Balaban J connectivity index is 2.24. The molecular weight excluding hydrogens is 337 g/mol. The van der Waals surface area contributed by atoms with Crippen LogP contribution < -0.4 is 0 Å². The minimum absolute atomic E-state index is 0.127. The van der Waals surface area contributed by atoms with E-state index in [4.69, 9.17) is 4.74 Å². The molecule has 0 radical (unpaired) electrons. The van der Waals surface area contributed by atoms with E-state index in [0.717, 1.165) is 12.0 Å². The molecule has 1 aromatic carbocycles. The van der Waals surface area contributed by atoms with Gasteiger partial charge in [0.15, 0.2) is 0 Å². The molecule has 21 heavy (non-hydrogen) atoms. The van der Waals surface area contributed by atoms with Gasteiger partial charge in [0.25, 0.3) is 0 Å². The Hall–Kier alpha value is -1.10. The first kappa shape index (κ1) is 16.3. The van der Waals surface area contributed by atoms with Gasteiger partial charge < -0.3 is 9.64 Å². The van der Waals surface area contributed by atoms with Crippen LogP contribution in [0.2, 0.25) is 0 Å². The number of halogens is 2. The van der Waals surface area contributed by atoms with E-state index >= 15 is 0 Å². The first-order valence-electron chi connectivity index (χ1n) is 7.12. The minimum atomic E-state index is -0.529. The average molecular weight is 358 g/mol. The fraction of sp³-hybridized carbons (Fsp3) is 0.562. The number of likely N-dealkylation sites (tertiary alicyclic amines) is 1. The van der Waals surface area contributed by atoms with Crippen molar-refractivity contribution >= 4 is 22.0 Å². The minimum Gasteiger partial charge on any atom is -0.444 e. The van der Waals surface area contributed by atoms with Gasteiger partial charge in [0.2, 0.25) is 0 Å². The lowest BCUT2D eigenvalue weighted by Crippen LogP contribution is -2.36. The van der Waals surface area contributed by atoms with Crippen LogP contribution in [0.1, 0.15) is 45.7 Å². The second kappa shape index (κ2) is 5.95. The molecule has 0 aliphatic carbocycles. The summed E-state index contributed by atoms with van der Waals surface area (Å²) in [6.45, 7) is 8.26. The molecule has 1 amide bonds. The van der Waals surface area contributed by atoms with E-state index in [9.17, 15) is 9.18 Å². The van der Waals surface area contributed by atoms with Crippen molar-refractivity contribution in [3.8, 4) is 0 Å². The highest BCUT2D eigenvalue weighted by atomic mass is 79.9. The van der Waals surface area contributed by atoms with Crippen molar-refractivity contribution in [3.05, 3.63) is 34.1 Å². The van der Waals surface area contributed by atoms with Crippen molar-refractivity contribution in [1.29, 1.82) is 0 Å². The van der Waals surface area contributed by atoms with Crippen molar-refractivity contribution in [2.75, 3.05) is 6.54 Å². The summed E-state index contributed by atoms with van der Waals surface area (Å²) in [6, 6.07) is 4.90. The summed E-state index contributed by atoms with van der Waals surface area (Å²) in [5, 5.41) is 0. The molecule has 1 aliphatic rings. The summed E-state index contributed by atoms with van der Waals surface area (Å²) < 4.78 is 19.6. The lowest BCUT2D eigenvalue weighted by atomic mass is 10.0. The van der Waals surface area contributed by atoms with Crippen molar-refractivity contribution < 1.29 is 13.9 Å². The highest BCUT2D eigenvalue weighted by Gasteiger charge is 2.36. The second-order valence-electron chi connectivity index (χ2n) is 6.66. The highest BCUT2D eigenvalue weighted by molar-refractivity contribution is 9.10. The van der Waals surface area contributed by atoms with Crippen molar-refractivity contribution in [2.24, 2.45) is 5.92 Å². The molecule has 1 heterocycles. The van der Waals surface area contributed by atoms with Gasteiger partial charge in [-0.15, -0.1) is 0 Å². The number of rotatable bonds is 1. The molecule has 0 aromatic heterocycles. The second-order valence-corrected chi connectivity index (χ2v) is 7.52. The molecule has 1 aromatic rings. The Kier molecular flexibility index (Phi) is 4.61. The number of benzene rings is 1. The van der Waals surface area contributed by atoms with Crippen LogP contribution in [0, 0.1) is 11.7 Å². The summed E-state index contributed by atoms with van der Waals surface area (Å²) in [6.07, 6.45) is 0.487. The standard InChI is InChI=1S/C16H21BrFNO2/c1-10-7-14(11-5-6-12(17)13(18)8-11)19(9-10)15(20)21-16(2,3)4/h5-6,8,10,14H,7,9H2,1-4H3/t10-,14-/m1/s1. The van der Waals surface area contributed by atoms with E-state index in [0.29, 0.717) is 16.9 Å². The third-order valence-corrected chi connectivity index (χ3v) is 4.11. The van der Waals surface area contributed by atoms with Gasteiger partial charge in [0.05, 0.1) is 10.5 Å². The first-order valence-corrected chi connectivity index (χ1v) is 7.91. The number of amides is 1. The van der Waals surface area contributed by atoms with E-state index in [1.807, 2.05) is 26.8 Å². The maximum absolute atomic E-state index is 13.7. The number of carbonyl (C=O) groups is 1. The summed E-state index contributed by atoms with van der Waals surface area (Å²) in [4.78, 5) is 14.0. The van der Waals surface area contributed by atoms with Gasteiger partial charge in [-0.1, -0.05) is 13.0 Å². The summed E-state index contributed by atoms with van der Waals surface area (Å²) in [7, 11) is 0. The number of nitrogens with zero attached hydrogens (tertiary/aromatic N) is 1. The molecule has 1 saturated heterocycles. The van der Waals surface area contributed by atoms with Crippen LogP contribution in [0.25, 0.3) is 0 Å². The van der Waals surface area contributed by atoms with Crippen LogP contribution in [-0.2, 0) is 4.74 Å². The lowest BCUT2D eigenvalue weighted by Gasteiger charge is -2.29. The molecule has 2 atom stereocenters. The molecule has 5 heteroatoms. The maximum atomic E-state index is 13.7. The Morgan fingerprint density at radius 3 is 2.67 bits per heavy atom. The number of carbonyl (C=O) groups excluding carboxylic acids is 1. The van der Waals surface area contributed by atoms with Gasteiger partial charge in [0.1, 0.15) is 11.4 Å². The number of hydrogen-bond acceptors (Lipinski definition) is 2. The summed E-state index contributed by atoms with van der Waals surface area (Å²) in [5.74, 6) is 0.0606.